The van der Waals surface area contributed by atoms with E-state index >= 15 is 0 Å². The normalized spacial score (nSPS) is 17.5. The highest BCUT2D eigenvalue weighted by atomic mass is 16.2. The van der Waals surface area contributed by atoms with Crippen molar-refractivity contribution in [2.24, 2.45) is 0 Å². The molecule has 1 fully saturated rings. The molecule has 0 saturated carbocycles. The van der Waals surface area contributed by atoms with Crippen LogP contribution >= 0.6 is 0 Å². The largest absolute Gasteiger partial charge is 0.374 e. The molecule has 2 aliphatic rings. The third-order valence-corrected chi connectivity index (χ3v) is 6.90. The molecule has 0 spiro atoms. The van der Waals surface area contributed by atoms with Gasteiger partial charge >= 0.3 is 11.8 Å². The maximum absolute atomic E-state index is 12.7. The zero-order valence-electron chi connectivity index (χ0n) is 19.9. The molecule has 0 bridgehead atoms. The summed E-state index contributed by atoms with van der Waals surface area (Å²) < 4.78 is 0. The van der Waals surface area contributed by atoms with Gasteiger partial charge in [-0.1, -0.05) is 37.3 Å². The molecule has 2 heterocycles. The van der Waals surface area contributed by atoms with Gasteiger partial charge in [0.15, 0.2) is 0 Å². The van der Waals surface area contributed by atoms with Crippen LogP contribution < -0.4 is 15.5 Å². The lowest BCUT2D eigenvalue weighted by atomic mass is 10.00. The van der Waals surface area contributed by atoms with E-state index in [1.165, 1.54) is 16.8 Å². The van der Waals surface area contributed by atoms with Gasteiger partial charge in [-0.25, -0.2) is 0 Å². The quantitative estimate of drug-likeness (QED) is 0.663. The molecule has 2 N–H and O–H groups in total. The number of fused-ring (bicyclic) bond motifs is 1. The minimum absolute atomic E-state index is 0.0367. The van der Waals surface area contributed by atoms with Gasteiger partial charge in [0, 0.05) is 57.7 Å². The van der Waals surface area contributed by atoms with Crippen molar-refractivity contribution in [2.45, 2.75) is 25.8 Å². The number of nitrogens with zero attached hydrogens (tertiary/aromatic N) is 3. The molecule has 2 aromatic rings. The van der Waals surface area contributed by atoms with Gasteiger partial charge in [0.25, 0.3) is 0 Å². The van der Waals surface area contributed by atoms with E-state index in [0.29, 0.717) is 12.2 Å². The molecule has 0 aliphatic carbocycles. The number of hydrogen-bond acceptors (Lipinski definition) is 5. The van der Waals surface area contributed by atoms with E-state index in [4.69, 9.17) is 0 Å². The molecule has 1 atom stereocenters. The van der Waals surface area contributed by atoms with Crippen LogP contribution in [0.2, 0.25) is 0 Å². The van der Waals surface area contributed by atoms with E-state index in [0.717, 1.165) is 51.1 Å². The van der Waals surface area contributed by atoms with E-state index in [-0.39, 0.29) is 6.04 Å². The minimum Gasteiger partial charge on any atom is -0.374 e. The van der Waals surface area contributed by atoms with Crippen LogP contribution in [0, 0.1) is 0 Å². The zero-order valence-corrected chi connectivity index (χ0v) is 19.9. The number of likely N-dealkylation sites (N-methyl/N-ethyl adjacent to an activating group) is 2. The van der Waals surface area contributed by atoms with Crippen LogP contribution in [0.3, 0.4) is 0 Å². The van der Waals surface area contributed by atoms with Crippen LogP contribution in [0.4, 0.5) is 11.4 Å². The first-order valence-corrected chi connectivity index (χ1v) is 11.9. The minimum atomic E-state index is -0.622. The average Bonchev–Trinajstić information content (AvgIpc) is 3.20. The number of rotatable bonds is 6. The maximum atomic E-state index is 12.7. The second-order valence-corrected chi connectivity index (χ2v) is 9.09. The van der Waals surface area contributed by atoms with Crippen molar-refractivity contribution in [1.29, 1.82) is 0 Å². The van der Waals surface area contributed by atoms with Crippen LogP contribution in [0.25, 0.3) is 0 Å². The van der Waals surface area contributed by atoms with Gasteiger partial charge in [0.05, 0.1) is 6.04 Å². The lowest BCUT2D eigenvalue weighted by Gasteiger charge is -2.38. The summed E-state index contributed by atoms with van der Waals surface area (Å²) >= 11 is 0. The molecule has 33 heavy (non-hydrogen) atoms. The Balaban J connectivity index is 1.46. The van der Waals surface area contributed by atoms with E-state index in [1.54, 1.807) is 0 Å². The second-order valence-electron chi connectivity index (χ2n) is 9.09. The zero-order chi connectivity index (χ0) is 23.4. The molecule has 2 aromatic carbocycles. The first kappa shape index (κ1) is 23.3. The number of para-hydroxylation sites is 1. The summed E-state index contributed by atoms with van der Waals surface area (Å²) in [5, 5.41) is 5.68. The molecule has 0 radical (unpaired) electrons. The number of aryl methyl sites for hydroxylation is 1. The molecule has 0 unspecified atom stereocenters. The Hall–Kier alpha value is -2.90. The number of nitrogens with one attached hydrogen (secondary N) is 2. The molecular weight excluding hydrogens is 414 g/mol. The van der Waals surface area contributed by atoms with Crippen LogP contribution in [0.15, 0.2) is 42.5 Å². The predicted octanol–water partition coefficient (Wildman–Crippen LogP) is 2.28. The molecule has 0 aromatic heterocycles. The first-order chi connectivity index (χ1) is 16.0. The van der Waals surface area contributed by atoms with Gasteiger partial charge < -0.3 is 20.4 Å². The number of carbonyl (C=O) groups excluding carboxylic acids is 2. The van der Waals surface area contributed by atoms with E-state index in [9.17, 15) is 9.59 Å². The van der Waals surface area contributed by atoms with E-state index in [2.05, 4.69) is 57.6 Å². The highest BCUT2D eigenvalue weighted by Crippen LogP contribution is 2.31. The second kappa shape index (κ2) is 10.4. The lowest BCUT2D eigenvalue weighted by Crippen LogP contribution is -2.49. The Morgan fingerprint density at radius 3 is 2.48 bits per heavy atom. The molecule has 4 rings (SSSR count). The van der Waals surface area contributed by atoms with Gasteiger partial charge in [-0.15, -0.1) is 0 Å². The fraction of sp³-hybridized carbons (Fsp3) is 0.462. The monoisotopic (exact) mass is 449 g/mol. The Bertz CT molecular complexity index is 1000. The predicted molar refractivity (Wildman–Crippen MR) is 133 cm³/mol. The number of anilines is 2. The molecule has 176 valence electrons. The smallest absolute Gasteiger partial charge is 0.313 e. The average molecular weight is 450 g/mol. The number of benzene rings is 2. The van der Waals surface area contributed by atoms with Gasteiger partial charge in [-0.3, -0.25) is 14.5 Å². The number of hydrogen-bond donors (Lipinski definition) is 2. The van der Waals surface area contributed by atoms with Crippen molar-refractivity contribution in [3.05, 3.63) is 59.2 Å². The summed E-state index contributed by atoms with van der Waals surface area (Å²) in [6, 6.07) is 14.3. The summed E-state index contributed by atoms with van der Waals surface area (Å²) in [5.74, 6) is -1.22. The van der Waals surface area contributed by atoms with Gasteiger partial charge in [-0.2, -0.15) is 0 Å². The maximum Gasteiger partial charge on any atom is 0.313 e. The number of amides is 2. The summed E-state index contributed by atoms with van der Waals surface area (Å²) in [6.45, 7) is 7.32. The summed E-state index contributed by atoms with van der Waals surface area (Å²) in [7, 11) is 4.26. The number of carbonyl (C=O) groups is 2. The third-order valence-electron chi connectivity index (χ3n) is 6.90. The molecule has 7 nitrogen and oxygen atoms in total. The highest BCUT2D eigenvalue weighted by molar-refractivity contribution is 6.39. The fourth-order valence-electron chi connectivity index (χ4n) is 4.78. The molecular formula is C26H35N5O2. The Morgan fingerprint density at radius 1 is 0.970 bits per heavy atom. The van der Waals surface area contributed by atoms with Crippen LogP contribution in [0.5, 0.6) is 0 Å². The van der Waals surface area contributed by atoms with Crippen molar-refractivity contribution < 1.29 is 9.59 Å². The molecule has 2 amide bonds. The standard InChI is InChI=1S/C26H35N5O2/c1-4-19-7-5-6-8-22(19)28-26(33)25(32)27-18-24(31-15-13-29(2)14-16-31)20-9-10-23-21(17-20)11-12-30(23)3/h5-10,17,24H,4,11-16,18H2,1-3H3,(H,27,32)(H,28,33)/t24-/m1/s1. The topological polar surface area (TPSA) is 67.9 Å². The van der Waals surface area contributed by atoms with E-state index in [1.807, 2.05) is 31.2 Å². The lowest BCUT2D eigenvalue weighted by molar-refractivity contribution is -0.136. The van der Waals surface area contributed by atoms with Gasteiger partial charge in [-0.05, 0) is 48.7 Å². The van der Waals surface area contributed by atoms with Crippen LogP contribution in [-0.4, -0.2) is 75.0 Å². The SMILES string of the molecule is CCc1ccccc1NC(=O)C(=O)NC[C@H](c1ccc2c(c1)CCN2C)N1CCN(C)CC1. The first-order valence-electron chi connectivity index (χ1n) is 11.9. The Morgan fingerprint density at radius 2 is 1.73 bits per heavy atom. The molecule has 1 saturated heterocycles. The fourth-order valence-corrected chi connectivity index (χ4v) is 4.78. The summed E-state index contributed by atoms with van der Waals surface area (Å²) in [4.78, 5) is 32.3. The molecule has 7 heteroatoms. The Labute approximate surface area is 196 Å². The van der Waals surface area contributed by atoms with Crippen LogP contribution in [-0.2, 0) is 22.4 Å². The van der Waals surface area contributed by atoms with Crippen molar-refractivity contribution >= 4 is 23.2 Å². The summed E-state index contributed by atoms with van der Waals surface area (Å²) in [6.07, 6.45) is 1.83. The highest BCUT2D eigenvalue weighted by Gasteiger charge is 2.27. The van der Waals surface area contributed by atoms with Crippen molar-refractivity contribution in [1.82, 2.24) is 15.1 Å². The summed E-state index contributed by atoms with van der Waals surface area (Å²) in [5.41, 5.74) is 5.55. The van der Waals surface area contributed by atoms with E-state index < -0.39 is 11.8 Å². The Kier molecular flexibility index (Phi) is 7.30. The molecule has 2 aliphatic heterocycles. The van der Waals surface area contributed by atoms with Crippen molar-refractivity contribution in [3.8, 4) is 0 Å². The van der Waals surface area contributed by atoms with Crippen LogP contribution in [0.1, 0.15) is 29.7 Å². The van der Waals surface area contributed by atoms with Gasteiger partial charge in [0.2, 0.25) is 0 Å². The third kappa shape index (κ3) is 5.37. The number of piperazine rings is 1. The van der Waals surface area contributed by atoms with Crippen molar-refractivity contribution in [2.75, 3.05) is 63.6 Å². The van der Waals surface area contributed by atoms with Crippen molar-refractivity contribution in [3.63, 3.8) is 0 Å². The van der Waals surface area contributed by atoms with Gasteiger partial charge in [0.1, 0.15) is 0 Å².